The third-order valence-corrected chi connectivity index (χ3v) is 3.92. The van der Waals surface area contributed by atoms with Crippen LogP contribution in [0.4, 0.5) is 0 Å². The van der Waals surface area contributed by atoms with Crippen LogP contribution in [0.5, 0.6) is 5.75 Å². The van der Waals surface area contributed by atoms with Gasteiger partial charge in [0.05, 0.1) is 18.8 Å². The Morgan fingerprint density at radius 1 is 1.08 bits per heavy atom. The van der Waals surface area contributed by atoms with Gasteiger partial charge in [0.15, 0.2) is 0 Å². The second-order valence-electron chi connectivity index (χ2n) is 5.59. The van der Waals surface area contributed by atoms with E-state index in [2.05, 4.69) is 71.2 Å². The van der Waals surface area contributed by atoms with Gasteiger partial charge in [0, 0.05) is 24.2 Å². The number of aromatic nitrogens is 1. The molecule has 3 aromatic rings. The highest BCUT2D eigenvalue weighted by Gasteiger charge is 2.01. The smallest absolute Gasteiger partial charge is 0.119 e. The molecule has 0 unspecified atom stereocenters. The molecule has 0 atom stereocenters. The number of nitrogens with zero attached hydrogens (tertiary/aromatic N) is 2. The molecular weight excluding hydrogens is 296 g/mol. The van der Waals surface area contributed by atoms with Crippen molar-refractivity contribution in [2.45, 2.75) is 6.92 Å². The summed E-state index contributed by atoms with van der Waals surface area (Å²) in [6, 6.07) is 18.6. The van der Waals surface area contributed by atoms with Gasteiger partial charge in [-0.05, 0) is 36.8 Å². The van der Waals surface area contributed by atoms with Crippen molar-refractivity contribution in [3.63, 3.8) is 0 Å². The van der Waals surface area contributed by atoms with Gasteiger partial charge in [0.1, 0.15) is 5.75 Å². The van der Waals surface area contributed by atoms with Crippen molar-refractivity contribution in [2.75, 3.05) is 13.2 Å². The van der Waals surface area contributed by atoms with E-state index in [9.17, 15) is 0 Å². The summed E-state index contributed by atoms with van der Waals surface area (Å²) in [5.74, 6) is 0.906. The van der Waals surface area contributed by atoms with Crippen molar-refractivity contribution in [1.29, 1.82) is 0 Å². The van der Waals surface area contributed by atoms with Gasteiger partial charge >= 0.3 is 0 Å². The van der Waals surface area contributed by atoms with Crippen LogP contribution in [0.15, 0.2) is 65.7 Å². The van der Waals surface area contributed by atoms with E-state index < -0.39 is 0 Å². The van der Waals surface area contributed by atoms with Gasteiger partial charge in [-0.25, -0.2) is 0 Å². The maximum absolute atomic E-state index is 5.44. The van der Waals surface area contributed by atoms with Gasteiger partial charge in [-0.15, -0.1) is 0 Å². The van der Waals surface area contributed by atoms with Crippen molar-refractivity contribution >= 4 is 23.2 Å². The summed E-state index contributed by atoms with van der Waals surface area (Å²) in [5, 5.41) is 1.24. The Kier molecular flexibility index (Phi) is 5.12. The maximum atomic E-state index is 5.44. The average molecular weight is 318 g/mol. The van der Waals surface area contributed by atoms with Crippen LogP contribution in [0.25, 0.3) is 17.0 Å². The number of aliphatic imine (C=N–C) groups is 1. The zero-order valence-electron chi connectivity index (χ0n) is 14.1. The quantitative estimate of drug-likeness (QED) is 0.605. The lowest BCUT2D eigenvalue weighted by Crippen LogP contribution is -1.94. The molecule has 2 aromatic carbocycles. The summed E-state index contributed by atoms with van der Waals surface area (Å²) in [7, 11) is 2.07. The van der Waals surface area contributed by atoms with Crippen LogP contribution < -0.4 is 4.74 Å². The number of ether oxygens (including phenoxy) is 1. The molecule has 0 fully saturated rings. The molecule has 0 spiro atoms. The van der Waals surface area contributed by atoms with Crippen molar-refractivity contribution in [3.8, 4) is 5.75 Å². The zero-order valence-corrected chi connectivity index (χ0v) is 14.1. The molecule has 0 radical (unpaired) electrons. The highest BCUT2D eigenvalue weighted by Crippen LogP contribution is 2.17. The Morgan fingerprint density at radius 2 is 1.88 bits per heavy atom. The third-order valence-electron chi connectivity index (χ3n) is 3.92. The molecule has 1 aromatic heterocycles. The van der Waals surface area contributed by atoms with E-state index in [1.165, 1.54) is 10.9 Å². The molecule has 0 aliphatic rings. The molecule has 3 rings (SSSR count). The van der Waals surface area contributed by atoms with Gasteiger partial charge in [-0.3, -0.25) is 4.99 Å². The minimum absolute atomic E-state index is 0.661. The normalized spacial score (nSPS) is 11.8. The van der Waals surface area contributed by atoms with E-state index in [0.29, 0.717) is 13.2 Å². The lowest BCUT2D eigenvalue weighted by atomic mass is 10.2. The van der Waals surface area contributed by atoms with Crippen LogP contribution in [-0.2, 0) is 7.05 Å². The molecule has 0 aliphatic heterocycles. The number of para-hydroxylation sites is 1. The minimum atomic E-state index is 0.661. The van der Waals surface area contributed by atoms with Crippen molar-refractivity contribution in [1.82, 2.24) is 4.57 Å². The Hall–Kier alpha value is -2.81. The first kappa shape index (κ1) is 16.1. The number of benzene rings is 2. The molecule has 122 valence electrons. The fraction of sp³-hybridized carbons (Fsp3) is 0.190. The van der Waals surface area contributed by atoms with E-state index in [1.807, 2.05) is 25.3 Å². The second-order valence-corrected chi connectivity index (χ2v) is 5.59. The first-order valence-electron chi connectivity index (χ1n) is 8.21. The topological polar surface area (TPSA) is 26.5 Å². The Bertz CT molecular complexity index is 857. The van der Waals surface area contributed by atoms with E-state index >= 15 is 0 Å². The SMILES string of the molecule is CCOc1ccc(/C=C/CN=Cc2cc3ccccc3n2C)cc1. The van der Waals surface area contributed by atoms with Gasteiger partial charge in [-0.2, -0.15) is 0 Å². The highest BCUT2D eigenvalue weighted by atomic mass is 16.5. The van der Waals surface area contributed by atoms with Gasteiger partial charge in [0.25, 0.3) is 0 Å². The standard InChI is InChI=1S/C21H22N2O/c1-3-24-20-12-10-17(11-13-20)7-6-14-22-16-19-15-18-8-4-5-9-21(18)23(19)2/h4-13,15-16H,3,14H2,1-2H3/b7-6+,22-16?. The van der Waals surface area contributed by atoms with Crippen molar-refractivity contribution in [3.05, 3.63) is 71.9 Å². The van der Waals surface area contributed by atoms with Crippen LogP contribution in [0.1, 0.15) is 18.2 Å². The van der Waals surface area contributed by atoms with Crippen LogP contribution in [-0.4, -0.2) is 23.9 Å². The molecule has 3 heteroatoms. The molecule has 0 saturated carbocycles. The van der Waals surface area contributed by atoms with Crippen LogP contribution >= 0.6 is 0 Å². The first-order valence-corrected chi connectivity index (χ1v) is 8.21. The largest absolute Gasteiger partial charge is 0.494 e. The summed E-state index contributed by atoms with van der Waals surface area (Å²) in [4.78, 5) is 4.50. The summed E-state index contributed by atoms with van der Waals surface area (Å²) in [5.41, 5.74) is 3.49. The number of rotatable bonds is 6. The molecule has 1 heterocycles. The fourth-order valence-electron chi connectivity index (χ4n) is 2.67. The Morgan fingerprint density at radius 3 is 2.62 bits per heavy atom. The molecule has 0 bridgehead atoms. The summed E-state index contributed by atoms with van der Waals surface area (Å²) < 4.78 is 7.60. The Labute approximate surface area is 142 Å². The van der Waals surface area contributed by atoms with Gasteiger partial charge in [-0.1, -0.05) is 42.5 Å². The Balaban J connectivity index is 1.60. The third kappa shape index (κ3) is 3.74. The average Bonchev–Trinajstić information content (AvgIpc) is 2.93. The molecule has 0 saturated heterocycles. The van der Waals surface area contributed by atoms with Gasteiger partial charge < -0.3 is 9.30 Å². The lowest BCUT2D eigenvalue weighted by molar-refractivity contribution is 0.340. The van der Waals surface area contributed by atoms with Crippen molar-refractivity contribution < 1.29 is 4.74 Å². The number of hydrogen-bond acceptors (Lipinski definition) is 2. The van der Waals surface area contributed by atoms with Crippen LogP contribution in [0, 0.1) is 0 Å². The molecule has 0 aliphatic carbocycles. The van der Waals surface area contributed by atoms with E-state index in [1.54, 1.807) is 0 Å². The highest BCUT2D eigenvalue weighted by molar-refractivity contribution is 5.90. The van der Waals surface area contributed by atoms with E-state index in [4.69, 9.17) is 4.74 Å². The summed E-state index contributed by atoms with van der Waals surface area (Å²) in [6.07, 6.45) is 6.08. The monoisotopic (exact) mass is 318 g/mol. The second kappa shape index (κ2) is 7.64. The maximum Gasteiger partial charge on any atom is 0.119 e. The lowest BCUT2D eigenvalue weighted by Gasteiger charge is -2.02. The molecule has 3 nitrogen and oxygen atoms in total. The molecule has 0 amide bonds. The zero-order chi connectivity index (χ0) is 16.8. The fourth-order valence-corrected chi connectivity index (χ4v) is 2.67. The van der Waals surface area contributed by atoms with E-state index in [-0.39, 0.29) is 0 Å². The van der Waals surface area contributed by atoms with Crippen LogP contribution in [0.3, 0.4) is 0 Å². The number of aryl methyl sites for hydroxylation is 1. The van der Waals surface area contributed by atoms with Crippen molar-refractivity contribution in [2.24, 2.45) is 12.0 Å². The van der Waals surface area contributed by atoms with E-state index in [0.717, 1.165) is 17.0 Å². The molecule has 0 N–H and O–H groups in total. The summed E-state index contributed by atoms with van der Waals surface area (Å²) in [6.45, 7) is 3.34. The predicted molar refractivity (Wildman–Crippen MR) is 102 cm³/mol. The van der Waals surface area contributed by atoms with Gasteiger partial charge in [0.2, 0.25) is 0 Å². The number of hydrogen-bond donors (Lipinski definition) is 0. The van der Waals surface area contributed by atoms with Crippen LogP contribution in [0.2, 0.25) is 0 Å². The first-order chi connectivity index (χ1) is 11.8. The summed E-state index contributed by atoms with van der Waals surface area (Å²) >= 11 is 0. The minimum Gasteiger partial charge on any atom is -0.494 e. The predicted octanol–water partition coefficient (Wildman–Crippen LogP) is 4.71. The molecular formula is C21H22N2O. The number of fused-ring (bicyclic) bond motifs is 1. The molecule has 24 heavy (non-hydrogen) atoms.